The second-order valence-electron chi connectivity index (χ2n) is 3.17. The quantitative estimate of drug-likeness (QED) is 0.653. The maximum absolute atomic E-state index is 3.47. The van der Waals surface area contributed by atoms with Gasteiger partial charge in [0.1, 0.15) is 0 Å². The Balaban J connectivity index is 0. The molecule has 0 heterocycles. The average molecular weight is 159 g/mol. The lowest BCUT2D eigenvalue weighted by Crippen LogP contribution is -2.25. The molecule has 70 valence electrons. The van der Waals surface area contributed by atoms with Gasteiger partial charge in [0.2, 0.25) is 0 Å². The molecule has 1 heteroatoms. The van der Waals surface area contributed by atoms with Gasteiger partial charge in [-0.1, -0.05) is 27.7 Å². The molecule has 0 radical (unpaired) electrons. The van der Waals surface area contributed by atoms with E-state index in [2.05, 4.69) is 19.2 Å². The van der Waals surface area contributed by atoms with E-state index in [9.17, 15) is 0 Å². The number of nitrogens with one attached hydrogen (secondary N) is 1. The number of rotatable bonds is 2. The number of hydrogen-bond donors (Lipinski definition) is 1. The Labute approximate surface area is 73.1 Å². The molecule has 1 nitrogen and oxygen atoms in total. The predicted molar refractivity (Wildman–Crippen MR) is 53.9 cm³/mol. The first-order valence-corrected chi connectivity index (χ1v) is 5.06. The molecule has 0 spiro atoms. The molecule has 0 aromatic carbocycles. The minimum absolute atomic E-state index is 0. The molecule has 0 aliphatic heterocycles. The van der Waals surface area contributed by atoms with Crippen molar-refractivity contribution < 1.29 is 1.43 Å². The highest BCUT2D eigenvalue weighted by molar-refractivity contribution is 4.77. The Morgan fingerprint density at radius 3 is 2.36 bits per heavy atom. The summed E-state index contributed by atoms with van der Waals surface area (Å²) in [6.07, 6.45) is 4.22. The Kier molecular flexibility index (Phi) is 6.63. The van der Waals surface area contributed by atoms with Crippen molar-refractivity contribution in [2.75, 3.05) is 6.54 Å². The molecule has 0 aromatic heterocycles. The van der Waals surface area contributed by atoms with Crippen LogP contribution >= 0.6 is 0 Å². The Bertz CT molecular complexity index is 83.9. The van der Waals surface area contributed by atoms with E-state index in [1.54, 1.807) is 0 Å². The van der Waals surface area contributed by atoms with Crippen molar-refractivity contribution in [1.29, 1.82) is 0 Å². The van der Waals surface area contributed by atoms with Gasteiger partial charge >= 0.3 is 0 Å². The first kappa shape index (κ1) is 11.0. The molecule has 1 aliphatic rings. The molecular weight excluding hydrogens is 134 g/mol. The fourth-order valence-electron chi connectivity index (χ4n) is 1.68. The topological polar surface area (TPSA) is 12.0 Å². The van der Waals surface area contributed by atoms with Crippen molar-refractivity contribution in [2.24, 2.45) is 5.92 Å². The zero-order chi connectivity index (χ0) is 8.69. The van der Waals surface area contributed by atoms with Crippen molar-refractivity contribution in [1.82, 2.24) is 5.32 Å². The minimum Gasteiger partial charge on any atom is -0.314 e. The molecule has 2 atom stereocenters. The van der Waals surface area contributed by atoms with Gasteiger partial charge in [0.25, 0.3) is 0 Å². The first-order chi connectivity index (χ1) is 5.33. The maximum atomic E-state index is 3.47. The van der Waals surface area contributed by atoms with E-state index >= 15 is 0 Å². The SMILES string of the molecule is CC.CCNC1CCC(C)C1.[HH]. The highest BCUT2D eigenvalue weighted by atomic mass is 14.9. The smallest absolute Gasteiger partial charge is 0.00695 e. The van der Waals surface area contributed by atoms with Crippen LogP contribution < -0.4 is 5.32 Å². The van der Waals surface area contributed by atoms with Crippen LogP contribution in [0, 0.1) is 5.92 Å². The summed E-state index contributed by atoms with van der Waals surface area (Å²) in [4.78, 5) is 0. The molecule has 0 aromatic rings. The summed E-state index contributed by atoms with van der Waals surface area (Å²) in [5.74, 6) is 0.967. The lowest BCUT2D eigenvalue weighted by atomic mass is 10.1. The van der Waals surface area contributed by atoms with E-state index in [0.717, 1.165) is 18.5 Å². The highest BCUT2D eigenvalue weighted by Gasteiger charge is 2.19. The third kappa shape index (κ3) is 4.41. The van der Waals surface area contributed by atoms with Gasteiger partial charge in [-0.15, -0.1) is 0 Å². The van der Waals surface area contributed by atoms with Crippen molar-refractivity contribution in [3.8, 4) is 0 Å². The Hall–Kier alpha value is -0.0400. The average Bonchev–Trinajstić information content (AvgIpc) is 2.41. The van der Waals surface area contributed by atoms with Crippen LogP contribution in [-0.4, -0.2) is 12.6 Å². The molecule has 1 N–H and O–H groups in total. The largest absolute Gasteiger partial charge is 0.314 e. The van der Waals surface area contributed by atoms with Crippen LogP contribution in [0.2, 0.25) is 0 Å². The zero-order valence-electron chi connectivity index (χ0n) is 8.48. The third-order valence-electron chi connectivity index (χ3n) is 2.19. The van der Waals surface area contributed by atoms with Crippen molar-refractivity contribution in [3.05, 3.63) is 0 Å². The highest BCUT2D eigenvalue weighted by Crippen LogP contribution is 2.24. The molecule has 0 saturated heterocycles. The predicted octanol–water partition coefficient (Wildman–Crippen LogP) is 3.06. The Morgan fingerprint density at radius 1 is 1.36 bits per heavy atom. The summed E-state index contributed by atoms with van der Waals surface area (Å²) in [7, 11) is 0. The molecular formula is C10H25N. The van der Waals surface area contributed by atoms with Gasteiger partial charge in [0.15, 0.2) is 0 Å². The van der Waals surface area contributed by atoms with Crippen LogP contribution in [0.15, 0.2) is 0 Å². The summed E-state index contributed by atoms with van der Waals surface area (Å²) in [5.41, 5.74) is 0. The molecule has 1 aliphatic carbocycles. The van der Waals surface area contributed by atoms with E-state index in [0.29, 0.717) is 0 Å². The molecule has 1 saturated carbocycles. The van der Waals surface area contributed by atoms with Crippen LogP contribution in [0.5, 0.6) is 0 Å². The monoisotopic (exact) mass is 159 g/mol. The van der Waals surface area contributed by atoms with E-state index in [4.69, 9.17) is 0 Å². The van der Waals surface area contributed by atoms with E-state index < -0.39 is 0 Å². The zero-order valence-corrected chi connectivity index (χ0v) is 8.48. The van der Waals surface area contributed by atoms with Gasteiger partial charge < -0.3 is 5.32 Å². The van der Waals surface area contributed by atoms with Crippen molar-refractivity contribution >= 4 is 0 Å². The lowest BCUT2D eigenvalue weighted by molar-refractivity contribution is 0.517. The van der Waals surface area contributed by atoms with Crippen molar-refractivity contribution in [2.45, 2.75) is 53.0 Å². The third-order valence-corrected chi connectivity index (χ3v) is 2.19. The molecule has 11 heavy (non-hydrogen) atoms. The van der Waals surface area contributed by atoms with Gasteiger partial charge in [0.05, 0.1) is 0 Å². The molecule has 0 bridgehead atoms. The summed E-state index contributed by atoms with van der Waals surface area (Å²) in [5, 5.41) is 3.47. The van der Waals surface area contributed by atoms with Crippen molar-refractivity contribution in [3.63, 3.8) is 0 Å². The molecule has 2 unspecified atom stereocenters. The molecule has 0 amide bonds. The summed E-state index contributed by atoms with van der Waals surface area (Å²) >= 11 is 0. The normalized spacial score (nSPS) is 29.5. The molecule has 1 rings (SSSR count). The van der Waals surface area contributed by atoms with E-state index in [1.807, 2.05) is 13.8 Å². The number of hydrogen-bond acceptors (Lipinski definition) is 1. The van der Waals surface area contributed by atoms with Crippen LogP contribution in [0.4, 0.5) is 0 Å². The fourth-order valence-corrected chi connectivity index (χ4v) is 1.68. The lowest BCUT2D eigenvalue weighted by Gasteiger charge is -2.08. The van der Waals surface area contributed by atoms with Crippen LogP contribution in [-0.2, 0) is 0 Å². The van der Waals surface area contributed by atoms with Crippen LogP contribution in [0.1, 0.15) is 48.4 Å². The van der Waals surface area contributed by atoms with Gasteiger partial charge in [-0.05, 0) is 31.7 Å². The molecule has 1 fully saturated rings. The second-order valence-corrected chi connectivity index (χ2v) is 3.17. The van der Waals surface area contributed by atoms with Gasteiger partial charge in [-0.25, -0.2) is 0 Å². The Morgan fingerprint density at radius 2 is 2.00 bits per heavy atom. The van der Waals surface area contributed by atoms with Gasteiger partial charge in [0, 0.05) is 7.47 Å². The first-order valence-electron chi connectivity index (χ1n) is 5.06. The van der Waals surface area contributed by atoms with Gasteiger partial charge in [-0.2, -0.15) is 0 Å². The second kappa shape index (κ2) is 6.66. The maximum Gasteiger partial charge on any atom is 0.00695 e. The van der Waals surface area contributed by atoms with Crippen LogP contribution in [0.25, 0.3) is 0 Å². The summed E-state index contributed by atoms with van der Waals surface area (Å²) < 4.78 is 0. The summed E-state index contributed by atoms with van der Waals surface area (Å²) in [6, 6.07) is 0.838. The van der Waals surface area contributed by atoms with E-state index in [-0.39, 0.29) is 1.43 Å². The summed E-state index contributed by atoms with van der Waals surface area (Å²) in [6.45, 7) is 9.66. The van der Waals surface area contributed by atoms with E-state index in [1.165, 1.54) is 19.3 Å². The fraction of sp³-hybridized carbons (Fsp3) is 1.00. The van der Waals surface area contributed by atoms with Gasteiger partial charge in [-0.3, -0.25) is 0 Å². The minimum atomic E-state index is 0. The van der Waals surface area contributed by atoms with Crippen LogP contribution in [0.3, 0.4) is 0 Å². The standard InChI is InChI=1S/C8H17N.C2H6.H2/c1-3-9-8-5-4-7(2)6-8;1-2;/h7-9H,3-6H2,1-2H3;1-2H3;1H.